The summed E-state index contributed by atoms with van der Waals surface area (Å²) < 4.78 is 34.5. The third-order valence-corrected chi connectivity index (χ3v) is 5.52. The van der Waals surface area contributed by atoms with Gasteiger partial charge in [-0.3, -0.25) is 4.90 Å². The van der Waals surface area contributed by atoms with E-state index in [1.807, 2.05) is 11.8 Å². The summed E-state index contributed by atoms with van der Waals surface area (Å²) in [7, 11) is 1.76. The van der Waals surface area contributed by atoms with Gasteiger partial charge in [0.05, 0.1) is 12.2 Å². The molecule has 1 aromatic carbocycles. The Labute approximate surface area is 150 Å². The van der Waals surface area contributed by atoms with Crippen LogP contribution in [0.15, 0.2) is 12.1 Å². The number of carbonyl (C=O) groups excluding carboxylic acids is 1. The van der Waals surface area contributed by atoms with E-state index in [1.165, 1.54) is 17.0 Å². The van der Waals surface area contributed by atoms with E-state index in [9.17, 15) is 13.6 Å². The topological polar surface area (TPSA) is 44.8 Å². The van der Waals surface area contributed by atoms with Crippen LogP contribution in [0.3, 0.4) is 0 Å². The molecule has 0 unspecified atom stereocenters. The fraction of sp³-hybridized carbons (Fsp3) is 0.588. The molecule has 0 bridgehead atoms. The second kappa shape index (κ2) is 8.23. The number of carbonyl (C=O) groups is 1. The van der Waals surface area contributed by atoms with E-state index in [0.717, 1.165) is 24.3 Å². The van der Waals surface area contributed by atoms with Gasteiger partial charge in [-0.1, -0.05) is 0 Å². The number of thioether (sulfide) groups is 1. The summed E-state index contributed by atoms with van der Waals surface area (Å²) in [5.74, 6) is 0.746. The first-order chi connectivity index (χ1) is 12.1. The summed E-state index contributed by atoms with van der Waals surface area (Å²) in [6, 6.07) is 2.46. The zero-order chi connectivity index (χ0) is 17.8. The summed E-state index contributed by atoms with van der Waals surface area (Å²) in [5, 5.41) is 2.93. The number of anilines is 2. The van der Waals surface area contributed by atoms with E-state index in [2.05, 4.69) is 5.32 Å². The van der Waals surface area contributed by atoms with Gasteiger partial charge in [-0.05, 0) is 31.4 Å². The summed E-state index contributed by atoms with van der Waals surface area (Å²) in [5.41, 5.74) is 0.208. The third kappa shape index (κ3) is 4.17. The van der Waals surface area contributed by atoms with Gasteiger partial charge in [-0.2, -0.15) is 11.8 Å². The Morgan fingerprint density at radius 2 is 1.88 bits per heavy atom. The molecule has 0 saturated carbocycles. The van der Waals surface area contributed by atoms with Crippen LogP contribution >= 0.6 is 11.8 Å². The minimum atomic E-state index is -0.631. The Morgan fingerprint density at radius 1 is 1.24 bits per heavy atom. The van der Waals surface area contributed by atoms with Crippen molar-refractivity contribution in [2.24, 2.45) is 0 Å². The highest BCUT2D eigenvalue weighted by Crippen LogP contribution is 2.31. The number of likely N-dealkylation sites (N-methyl/N-ethyl adjacent to an activating group) is 1. The lowest BCUT2D eigenvalue weighted by Gasteiger charge is -2.28. The minimum Gasteiger partial charge on any atom is -0.443 e. The van der Waals surface area contributed by atoms with Crippen LogP contribution in [0.5, 0.6) is 0 Å². The maximum atomic E-state index is 14.7. The van der Waals surface area contributed by atoms with Crippen molar-refractivity contribution in [3.63, 3.8) is 0 Å². The Kier molecular flexibility index (Phi) is 6.01. The molecular formula is C17H23F2N3O2S. The number of rotatable bonds is 4. The Hall–Kier alpha value is -1.54. The number of ether oxygens (including phenoxy) is 1. The molecule has 3 rings (SSSR count). The summed E-state index contributed by atoms with van der Waals surface area (Å²) in [6.45, 7) is 2.04. The second-order valence-corrected chi connectivity index (χ2v) is 7.46. The molecule has 1 N–H and O–H groups in total. The molecule has 1 amide bonds. The molecule has 0 aromatic heterocycles. The third-order valence-electron chi connectivity index (χ3n) is 4.37. The van der Waals surface area contributed by atoms with Crippen molar-refractivity contribution >= 4 is 29.2 Å². The normalized spacial score (nSPS) is 21.9. The minimum absolute atomic E-state index is 0.00925. The first-order valence-corrected chi connectivity index (χ1v) is 9.70. The van der Waals surface area contributed by atoms with Gasteiger partial charge < -0.3 is 15.0 Å². The molecule has 2 fully saturated rings. The van der Waals surface area contributed by atoms with Gasteiger partial charge in [-0.15, -0.1) is 0 Å². The standard InChI is InChI=1S/C17H23F2N3O2S/c1-20-10-13-11-22(17(23)24-13)12-8-14(18)16(15(19)9-12)21-4-2-6-25-7-3-5-21/h8-9,13,20H,2-7,10-11H2,1H3/t13-/m0/s1. The average Bonchev–Trinajstić information content (AvgIpc) is 2.89. The highest BCUT2D eigenvalue weighted by Gasteiger charge is 2.33. The number of nitrogens with one attached hydrogen (secondary N) is 1. The summed E-state index contributed by atoms with van der Waals surface area (Å²) in [4.78, 5) is 15.0. The molecule has 25 heavy (non-hydrogen) atoms. The molecule has 2 heterocycles. The predicted octanol–water partition coefficient (Wildman–Crippen LogP) is 2.84. The van der Waals surface area contributed by atoms with E-state index >= 15 is 0 Å². The molecule has 0 aliphatic carbocycles. The summed E-state index contributed by atoms with van der Waals surface area (Å²) in [6.07, 6.45) is 0.899. The Morgan fingerprint density at radius 3 is 2.48 bits per heavy atom. The quantitative estimate of drug-likeness (QED) is 0.882. The lowest BCUT2D eigenvalue weighted by atomic mass is 10.2. The van der Waals surface area contributed by atoms with Crippen molar-refractivity contribution in [3.8, 4) is 0 Å². The zero-order valence-corrected chi connectivity index (χ0v) is 15.1. The van der Waals surface area contributed by atoms with E-state index in [-0.39, 0.29) is 24.0 Å². The molecule has 1 atom stereocenters. The second-order valence-electron chi connectivity index (χ2n) is 6.24. The van der Waals surface area contributed by atoms with Crippen molar-refractivity contribution in [1.82, 2.24) is 5.32 Å². The largest absolute Gasteiger partial charge is 0.443 e. The van der Waals surface area contributed by atoms with Crippen LogP contribution in [0.4, 0.5) is 25.0 Å². The summed E-state index contributed by atoms with van der Waals surface area (Å²) >= 11 is 1.88. The molecule has 8 heteroatoms. The smallest absolute Gasteiger partial charge is 0.414 e. The monoisotopic (exact) mass is 371 g/mol. The number of amides is 1. The number of nitrogens with zero attached hydrogens (tertiary/aromatic N) is 2. The van der Waals surface area contributed by atoms with Crippen LogP contribution in [0.1, 0.15) is 12.8 Å². The first-order valence-electron chi connectivity index (χ1n) is 8.54. The van der Waals surface area contributed by atoms with Crippen molar-refractivity contribution in [3.05, 3.63) is 23.8 Å². The van der Waals surface area contributed by atoms with Crippen LogP contribution in [0, 0.1) is 11.6 Å². The van der Waals surface area contributed by atoms with Gasteiger partial charge in [0.2, 0.25) is 0 Å². The van der Waals surface area contributed by atoms with Crippen LogP contribution in [-0.2, 0) is 4.74 Å². The van der Waals surface area contributed by atoms with Crippen LogP contribution in [0.25, 0.3) is 0 Å². The molecule has 138 valence electrons. The van der Waals surface area contributed by atoms with Crippen molar-refractivity contribution in [2.75, 3.05) is 54.5 Å². The molecule has 0 spiro atoms. The van der Waals surface area contributed by atoms with E-state index in [0.29, 0.717) is 19.6 Å². The fourth-order valence-corrected chi connectivity index (χ4v) is 4.10. The molecule has 2 saturated heterocycles. The van der Waals surface area contributed by atoms with Crippen LogP contribution < -0.4 is 15.1 Å². The molecule has 0 radical (unpaired) electrons. The molecular weight excluding hydrogens is 348 g/mol. The number of hydrogen-bond acceptors (Lipinski definition) is 5. The molecule has 5 nitrogen and oxygen atoms in total. The predicted molar refractivity (Wildman–Crippen MR) is 96.7 cm³/mol. The van der Waals surface area contributed by atoms with Gasteiger partial charge in [0.25, 0.3) is 0 Å². The average molecular weight is 371 g/mol. The Balaban J connectivity index is 1.81. The number of cyclic esters (lactones) is 1. The fourth-order valence-electron chi connectivity index (χ4n) is 3.23. The van der Waals surface area contributed by atoms with E-state index in [1.54, 1.807) is 11.9 Å². The van der Waals surface area contributed by atoms with Crippen molar-refractivity contribution in [1.29, 1.82) is 0 Å². The lowest BCUT2D eigenvalue weighted by Crippen LogP contribution is -2.31. The maximum absolute atomic E-state index is 14.7. The first kappa shape index (κ1) is 18.3. The zero-order valence-electron chi connectivity index (χ0n) is 14.3. The molecule has 1 aromatic rings. The highest BCUT2D eigenvalue weighted by atomic mass is 32.2. The number of benzene rings is 1. The molecule has 2 aliphatic heterocycles. The van der Waals surface area contributed by atoms with Gasteiger partial charge in [0.1, 0.15) is 11.8 Å². The van der Waals surface area contributed by atoms with Gasteiger partial charge in [0, 0.05) is 31.8 Å². The number of halogens is 2. The maximum Gasteiger partial charge on any atom is 0.414 e. The van der Waals surface area contributed by atoms with Crippen LogP contribution in [-0.4, -0.2) is 56.9 Å². The van der Waals surface area contributed by atoms with Crippen molar-refractivity contribution < 1.29 is 18.3 Å². The number of hydrogen-bond donors (Lipinski definition) is 1. The Bertz CT molecular complexity index is 601. The van der Waals surface area contributed by atoms with E-state index < -0.39 is 17.7 Å². The van der Waals surface area contributed by atoms with Gasteiger partial charge >= 0.3 is 6.09 Å². The van der Waals surface area contributed by atoms with E-state index in [4.69, 9.17) is 4.74 Å². The van der Waals surface area contributed by atoms with Crippen molar-refractivity contribution in [2.45, 2.75) is 18.9 Å². The highest BCUT2D eigenvalue weighted by molar-refractivity contribution is 7.99. The van der Waals surface area contributed by atoms with Gasteiger partial charge in [0.15, 0.2) is 11.6 Å². The molecule has 2 aliphatic rings. The van der Waals surface area contributed by atoms with Gasteiger partial charge in [-0.25, -0.2) is 13.6 Å². The van der Waals surface area contributed by atoms with Crippen LogP contribution in [0.2, 0.25) is 0 Å². The lowest BCUT2D eigenvalue weighted by molar-refractivity contribution is 0.141. The SMILES string of the molecule is CNC[C@H]1CN(c2cc(F)c(N3CCCSCCC3)c(F)c2)C(=O)O1.